The molecule has 0 spiro atoms. The minimum Gasteiger partial charge on any atom is -0.459 e. The lowest BCUT2D eigenvalue weighted by atomic mass is 9.98. The Morgan fingerprint density at radius 3 is 2.22 bits per heavy atom. The molecule has 0 aliphatic carbocycles. The van der Waals surface area contributed by atoms with Gasteiger partial charge in [-0.2, -0.15) is 0 Å². The topological polar surface area (TPSA) is 97.7 Å². The number of hydrogen-bond donors (Lipinski definition) is 1. The molecule has 8 nitrogen and oxygen atoms in total. The lowest BCUT2D eigenvalue weighted by Crippen LogP contribution is -2.57. The molecule has 32 heavy (non-hydrogen) atoms. The van der Waals surface area contributed by atoms with Crippen molar-refractivity contribution < 1.29 is 28.9 Å². The zero-order valence-electron chi connectivity index (χ0n) is 17.7. The molecule has 0 bridgehead atoms. The average molecular weight is 457 g/mol. The normalized spacial score (nSPS) is 26.6. The van der Waals surface area contributed by atoms with Crippen molar-refractivity contribution in [3.8, 4) is 0 Å². The minimum absolute atomic E-state index is 0.182. The highest BCUT2D eigenvalue weighted by Gasteiger charge is 2.51. The van der Waals surface area contributed by atoms with E-state index in [0.717, 1.165) is 0 Å². The van der Waals surface area contributed by atoms with Crippen LogP contribution in [0.3, 0.4) is 0 Å². The minimum atomic E-state index is -1.12. The zero-order chi connectivity index (χ0) is 22.7. The van der Waals surface area contributed by atoms with E-state index in [4.69, 9.17) is 14.2 Å². The Labute approximate surface area is 190 Å². The Morgan fingerprint density at radius 1 is 1.03 bits per heavy atom. The molecule has 9 heteroatoms. The fourth-order valence-electron chi connectivity index (χ4n) is 3.48. The number of nitrogens with zero attached hydrogens (tertiary/aromatic N) is 2. The van der Waals surface area contributed by atoms with Crippen LogP contribution in [0.2, 0.25) is 0 Å². The van der Waals surface area contributed by atoms with Crippen LogP contribution in [-0.4, -0.2) is 77.6 Å². The van der Waals surface area contributed by atoms with Crippen LogP contribution in [0.15, 0.2) is 65.7 Å². The van der Waals surface area contributed by atoms with Crippen molar-refractivity contribution in [3.05, 3.63) is 71.8 Å². The number of thioether (sulfide) groups is 1. The van der Waals surface area contributed by atoms with E-state index in [9.17, 15) is 14.7 Å². The van der Waals surface area contributed by atoms with Gasteiger partial charge in [0.05, 0.1) is 11.1 Å². The van der Waals surface area contributed by atoms with Gasteiger partial charge in [0.2, 0.25) is 0 Å². The first-order valence-electron chi connectivity index (χ1n) is 10.2. The maximum atomic E-state index is 12.7. The van der Waals surface area contributed by atoms with Gasteiger partial charge in [0.1, 0.15) is 30.3 Å². The second-order valence-electron chi connectivity index (χ2n) is 7.65. The number of carbonyl (C=O) groups excluding carboxylic acids is 2. The van der Waals surface area contributed by atoms with Crippen molar-refractivity contribution in [1.29, 1.82) is 0 Å². The number of hydrogen-bond acceptors (Lipinski definition) is 9. The lowest BCUT2D eigenvalue weighted by molar-refractivity contribution is -0.167. The molecular weight excluding hydrogens is 432 g/mol. The monoisotopic (exact) mass is 456 g/mol. The van der Waals surface area contributed by atoms with Crippen molar-refractivity contribution in [1.82, 2.24) is 4.90 Å². The summed E-state index contributed by atoms with van der Waals surface area (Å²) in [6.45, 7) is -0.182. The van der Waals surface area contributed by atoms with Crippen LogP contribution in [0.5, 0.6) is 0 Å². The smallest absolute Gasteiger partial charge is 0.338 e. The molecule has 0 saturated carbocycles. The Morgan fingerprint density at radius 2 is 1.62 bits per heavy atom. The summed E-state index contributed by atoms with van der Waals surface area (Å²) in [6, 6.07) is 16.4. The number of ether oxygens (including phenoxy) is 3. The number of aliphatic hydroxyl groups is 1. The van der Waals surface area contributed by atoms with Gasteiger partial charge in [-0.05, 0) is 24.3 Å². The molecule has 0 aromatic heterocycles. The largest absolute Gasteiger partial charge is 0.459 e. The molecule has 5 atom stereocenters. The molecule has 0 amide bonds. The first-order valence-corrected chi connectivity index (χ1v) is 11.1. The first kappa shape index (κ1) is 22.3. The fraction of sp³-hybridized carbons (Fsp3) is 0.348. The molecule has 2 heterocycles. The van der Waals surface area contributed by atoms with E-state index in [1.165, 1.54) is 11.8 Å². The van der Waals surface area contributed by atoms with Gasteiger partial charge in [0.15, 0.2) is 11.3 Å². The van der Waals surface area contributed by atoms with Crippen molar-refractivity contribution in [2.45, 2.75) is 29.8 Å². The zero-order valence-corrected chi connectivity index (χ0v) is 18.5. The third-order valence-corrected chi connectivity index (χ3v) is 6.45. The van der Waals surface area contributed by atoms with Crippen LogP contribution < -0.4 is 0 Å². The fourth-order valence-corrected chi connectivity index (χ4v) is 4.64. The molecule has 5 unspecified atom stereocenters. The predicted octanol–water partition coefficient (Wildman–Crippen LogP) is 2.19. The van der Waals surface area contributed by atoms with Gasteiger partial charge in [0, 0.05) is 14.1 Å². The van der Waals surface area contributed by atoms with Crippen LogP contribution in [0.1, 0.15) is 20.7 Å². The van der Waals surface area contributed by atoms with Crippen molar-refractivity contribution in [3.63, 3.8) is 0 Å². The Hall–Kier alpha value is -2.88. The van der Waals surface area contributed by atoms with Crippen LogP contribution in [0, 0.1) is 0 Å². The number of esters is 2. The number of aliphatic imine (C=N–C) groups is 1. The van der Waals surface area contributed by atoms with Crippen LogP contribution in [0.4, 0.5) is 0 Å². The molecular formula is C23H24N2O6S. The van der Waals surface area contributed by atoms with Crippen LogP contribution in [0.25, 0.3) is 0 Å². The highest BCUT2D eigenvalue weighted by Crippen LogP contribution is 2.38. The molecule has 2 aliphatic heterocycles. The maximum Gasteiger partial charge on any atom is 0.338 e. The van der Waals surface area contributed by atoms with Gasteiger partial charge < -0.3 is 24.2 Å². The molecule has 1 fully saturated rings. The Balaban J connectivity index is 1.52. The molecule has 0 radical (unpaired) electrons. The van der Waals surface area contributed by atoms with Gasteiger partial charge >= 0.3 is 11.9 Å². The number of amidine groups is 1. The molecule has 4 rings (SSSR count). The highest BCUT2D eigenvalue weighted by atomic mass is 32.2. The van der Waals surface area contributed by atoms with E-state index in [-0.39, 0.29) is 6.61 Å². The van der Waals surface area contributed by atoms with Gasteiger partial charge in [-0.3, -0.25) is 4.99 Å². The Bertz CT molecular complexity index is 984. The van der Waals surface area contributed by atoms with Crippen molar-refractivity contribution >= 4 is 28.9 Å². The second-order valence-corrected chi connectivity index (χ2v) is 8.71. The highest BCUT2D eigenvalue weighted by molar-refractivity contribution is 8.14. The van der Waals surface area contributed by atoms with E-state index >= 15 is 0 Å². The van der Waals surface area contributed by atoms with Crippen LogP contribution in [-0.2, 0) is 14.2 Å². The van der Waals surface area contributed by atoms with Gasteiger partial charge in [0.25, 0.3) is 0 Å². The summed E-state index contributed by atoms with van der Waals surface area (Å²) in [5.41, 5.74) is 0.266. The predicted molar refractivity (Wildman–Crippen MR) is 120 cm³/mol. The lowest BCUT2D eigenvalue weighted by Gasteiger charge is -2.39. The van der Waals surface area contributed by atoms with Gasteiger partial charge in [-0.25, -0.2) is 9.59 Å². The molecule has 2 aromatic rings. The van der Waals surface area contributed by atoms with E-state index in [0.29, 0.717) is 16.3 Å². The molecule has 2 aliphatic rings. The molecule has 1 saturated heterocycles. The SMILES string of the molecule is CN(C)C1=NC2C(OC(COC(=O)c3ccccc3)C(OC(=O)c3ccccc3)C2O)S1. The summed E-state index contributed by atoms with van der Waals surface area (Å²) in [7, 11) is 3.70. The van der Waals surface area contributed by atoms with Gasteiger partial charge in [-0.15, -0.1) is 0 Å². The van der Waals surface area contributed by atoms with Gasteiger partial charge in [-0.1, -0.05) is 48.2 Å². The first-order chi connectivity index (χ1) is 15.4. The Kier molecular flexibility index (Phi) is 6.78. The molecule has 168 valence electrons. The number of aliphatic hydroxyl groups excluding tert-OH is 1. The van der Waals surface area contributed by atoms with E-state index in [2.05, 4.69) is 4.99 Å². The number of benzene rings is 2. The standard InChI is InChI=1S/C23H24N2O6S/c1-25(2)23-24-17-18(26)19(31-21(28)15-11-7-4-8-12-15)16(30-22(17)32-23)13-29-20(27)14-9-5-3-6-10-14/h3-12,16-19,22,26H,13H2,1-2H3. The summed E-state index contributed by atoms with van der Waals surface area (Å²) >= 11 is 1.37. The summed E-state index contributed by atoms with van der Waals surface area (Å²) in [5, 5.41) is 11.8. The summed E-state index contributed by atoms with van der Waals surface area (Å²) in [6.07, 6.45) is -3.03. The van der Waals surface area contributed by atoms with Crippen LogP contribution >= 0.6 is 11.8 Å². The molecule has 2 aromatic carbocycles. The third kappa shape index (κ3) is 4.79. The van der Waals surface area contributed by atoms with E-state index in [1.54, 1.807) is 60.7 Å². The maximum absolute atomic E-state index is 12.7. The van der Waals surface area contributed by atoms with Crippen molar-refractivity contribution in [2.24, 2.45) is 4.99 Å². The molecule has 1 N–H and O–H groups in total. The number of fused-ring (bicyclic) bond motifs is 1. The number of rotatable bonds is 5. The quantitative estimate of drug-likeness (QED) is 0.684. The van der Waals surface area contributed by atoms with E-state index in [1.807, 2.05) is 19.0 Å². The van der Waals surface area contributed by atoms with Crippen molar-refractivity contribution in [2.75, 3.05) is 20.7 Å². The third-order valence-electron chi connectivity index (χ3n) is 5.15. The summed E-state index contributed by atoms with van der Waals surface area (Å²) < 4.78 is 17.2. The average Bonchev–Trinajstić information content (AvgIpc) is 3.25. The van der Waals surface area contributed by atoms with E-state index < -0.39 is 41.7 Å². The number of carbonyl (C=O) groups is 2. The summed E-state index contributed by atoms with van der Waals surface area (Å²) in [4.78, 5) is 31.4. The second kappa shape index (κ2) is 9.72. The summed E-state index contributed by atoms with van der Waals surface area (Å²) in [5.74, 6) is -1.12.